The number of nitrogens with zero attached hydrogens (tertiary/aromatic N) is 1. The predicted molar refractivity (Wildman–Crippen MR) is 80.0 cm³/mol. The van der Waals surface area contributed by atoms with Crippen molar-refractivity contribution in [1.82, 2.24) is 4.90 Å². The van der Waals surface area contributed by atoms with Crippen LogP contribution in [-0.2, 0) is 0 Å². The number of benzene rings is 1. The summed E-state index contributed by atoms with van der Waals surface area (Å²) >= 11 is 0. The Balaban J connectivity index is 1.54. The zero-order valence-electron chi connectivity index (χ0n) is 12.3. The summed E-state index contributed by atoms with van der Waals surface area (Å²) in [5.41, 5.74) is 7.85. The first-order chi connectivity index (χ1) is 9.63. The smallest absolute Gasteiger partial charge is 0.126 e. The van der Waals surface area contributed by atoms with Gasteiger partial charge >= 0.3 is 0 Å². The van der Waals surface area contributed by atoms with Crippen molar-refractivity contribution < 1.29 is 4.39 Å². The summed E-state index contributed by atoms with van der Waals surface area (Å²) in [6.07, 6.45) is 6.42. The van der Waals surface area contributed by atoms with Gasteiger partial charge in [-0.2, -0.15) is 0 Å². The zero-order chi connectivity index (χ0) is 14.1. The van der Waals surface area contributed by atoms with Gasteiger partial charge in [0, 0.05) is 25.2 Å². The molecule has 0 aliphatic heterocycles. The molecule has 0 amide bonds. The number of rotatable bonds is 7. The van der Waals surface area contributed by atoms with Crippen LogP contribution in [0.15, 0.2) is 18.2 Å². The Morgan fingerprint density at radius 3 is 2.65 bits per heavy atom. The Morgan fingerprint density at radius 1 is 1.30 bits per heavy atom. The summed E-state index contributed by atoms with van der Waals surface area (Å²) in [7, 11) is 0. The maximum atomic E-state index is 13.6. The fourth-order valence-corrected chi connectivity index (χ4v) is 2.81. The van der Waals surface area contributed by atoms with Gasteiger partial charge in [-0.1, -0.05) is 12.1 Å². The zero-order valence-corrected chi connectivity index (χ0v) is 12.3. The molecule has 110 valence electrons. The second kappa shape index (κ2) is 5.82. The first kappa shape index (κ1) is 14.0. The van der Waals surface area contributed by atoms with E-state index >= 15 is 0 Å². The highest BCUT2D eigenvalue weighted by molar-refractivity contribution is 5.25. The van der Waals surface area contributed by atoms with E-state index in [1.807, 2.05) is 12.1 Å². The monoisotopic (exact) mass is 276 g/mol. The second-order valence-electron chi connectivity index (χ2n) is 6.57. The topological polar surface area (TPSA) is 29.3 Å². The molecule has 0 bridgehead atoms. The predicted octanol–water partition coefficient (Wildman–Crippen LogP) is 3.40. The van der Waals surface area contributed by atoms with E-state index in [4.69, 9.17) is 5.73 Å². The van der Waals surface area contributed by atoms with Gasteiger partial charge in [-0.3, -0.25) is 0 Å². The van der Waals surface area contributed by atoms with Crippen LogP contribution in [0.5, 0.6) is 0 Å². The summed E-state index contributed by atoms with van der Waals surface area (Å²) < 4.78 is 13.6. The van der Waals surface area contributed by atoms with Crippen LogP contribution in [0.3, 0.4) is 0 Å². The molecular formula is C17H25FN2. The minimum absolute atomic E-state index is 0.0504. The van der Waals surface area contributed by atoms with Crippen molar-refractivity contribution >= 4 is 0 Å². The summed E-state index contributed by atoms with van der Waals surface area (Å²) in [6.45, 7) is 4.09. The lowest BCUT2D eigenvalue weighted by atomic mass is 10.0. The van der Waals surface area contributed by atoms with Crippen LogP contribution in [0.4, 0.5) is 4.39 Å². The van der Waals surface area contributed by atoms with Crippen LogP contribution in [0.1, 0.15) is 49.3 Å². The van der Waals surface area contributed by atoms with Crippen molar-refractivity contribution in [2.75, 3.05) is 13.1 Å². The quantitative estimate of drug-likeness (QED) is 0.827. The van der Waals surface area contributed by atoms with Crippen molar-refractivity contribution in [1.29, 1.82) is 0 Å². The molecule has 1 aromatic rings. The number of hydrogen-bond donors (Lipinski definition) is 1. The Labute approximate surface area is 121 Å². The molecule has 1 unspecified atom stereocenters. The van der Waals surface area contributed by atoms with Crippen LogP contribution in [0, 0.1) is 18.7 Å². The Hall–Kier alpha value is -0.930. The summed E-state index contributed by atoms with van der Waals surface area (Å²) in [6, 6.07) is 6.14. The van der Waals surface area contributed by atoms with Crippen LogP contribution >= 0.6 is 0 Å². The Bertz CT molecular complexity index is 466. The van der Waals surface area contributed by atoms with E-state index in [1.54, 1.807) is 13.0 Å². The van der Waals surface area contributed by atoms with E-state index in [0.717, 1.165) is 30.5 Å². The fraction of sp³-hybridized carbons (Fsp3) is 0.647. The summed E-state index contributed by atoms with van der Waals surface area (Å²) in [4.78, 5) is 2.61. The van der Waals surface area contributed by atoms with Crippen LogP contribution in [0.25, 0.3) is 0 Å². The maximum absolute atomic E-state index is 13.6. The molecule has 2 fully saturated rings. The first-order valence-corrected chi connectivity index (χ1v) is 7.89. The first-order valence-electron chi connectivity index (χ1n) is 7.89. The molecule has 2 aliphatic rings. The van der Waals surface area contributed by atoms with E-state index in [0.29, 0.717) is 5.56 Å². The SMILES string of the molecule is Cc1ccc(C(N)CCN(CC2CC2)C2CC2)cc1F. The van der Waals surface area contributed by atoms with Gasteiger partial charge in [0.15, 0.2) is 0 Å². The van der Waals surface area contributed by atoms with Crippen LogP contribution in [0.2, 0.25) is 0 Å². The summed E-state index contributed by atoms with van der Waals surface area (Å²) in [5, 5.41) is 0. The standard InChI is InChI=1S/C17H25FN2/c1-12-2-5-14(10-16(12)18)17(19)8-9-20(15-6-7-15)11-13-3-4-13/h2,5,10,13,15,17H,3-4,6-9,11,19H2,1H3. The van der Waals surface area contributed by atoms with Crippen molar-refractivity contribution in [3.05, 3.63) is 35.1 Å². The van der Waals surface area contributed by atoms with Gasteiger partial charge in [0.1, 0.15) is 5.82 Å². The van der Waals surface area contributed by atoms with E-state index in [2.05, 4.69) is 4.90 Å². The maximum Gasteiger partial charge on any atom is 0.126 e. The molecule has 0 spiro atoms. The number of nitrogens with two attached hydrogens (primary N) is 1. The number of hydrogen-bond acceptors (Lipinski definition) is 2. The Kier molecular flexibility index (Phi) is 4.08. The average molecular weight is 276 g/mol. The molecule has 3 heteroatoms. The molecule has 3 rings (SSSR count). The Morgan fingerprint density at radius 2 is 2.05 bits per heavy atom. The van der Waals surface area contributed by atoms with Gasteiger partial charge in [-0.25, -0.2) is 4.39 Å². The van der Waals surface area contributed by atoms with Gasteiger partial charge in [-0.05, 0) is 62.1 Å². The van der Waals surface area contributed by atoms with E-state index in [1.165, 1.54) is 32.2 Å². The minimum Gasteiger partial charge on any atom is -0.324 e. The van der Waals surface area contributed by atoms with Gasteiger partial charge in [-0.15, -0.1) is 0 Å². The molecule has 0 saturated heterocycles. The van der Waals surface area contributed by atoms with E-state index in [9.17, 15) is 4.39 Å². The third-order valence-electron chi connectivity index (χ3n) is 4.60. The lowest BCUT2D eigenvalue weighted by Crippen LogP contribution is -2.31. The molecule has 2 saturated carbocycles. The lowest BCUT2D eigenvalue weighted by molar-refractivity contribution is 0.243. The van der Waals surface area contributed by atoms with Gasteiger partial charge in [0.05, 0.1) is 0 Å². The molecule has 1 aromatic carbocycles. The molecule has 2 nitrogen and oxygen atoms in total. The lowest BCUT2D eigenvalue weighted by Gasteiger charge is -2.24. The third kappa shape index (κ3) is 3.58. The molecule has 20 heavy (non-hydrogen) atoms. The van der Waals surface area contributed by atoms with Crippen molar-refractivity contribution in [2.24, 2.45) is 11.7 Å². The average Bonchev–Trinajstić information content (AvgIpc) is 3.29. The van der Waals surface area contributed by atoms with Crippen molar-refractivity contribution in [2.45, 2.75) is 51.1 Å². The molecule has 1 atom stereocenters. The van der Waals surface area contributed by atoms with Gasteiger partial charge < -0.3 is 10.6 Å². The molecule has 0 heterocycles. The van der Waals surface area contributed by atoms with Gasteiger partial charge in [0.25, 0.3) is 0 Å². The van der Waals surface area contributed by atoms with E-state index < -0.39 is 0 Å². The molecule has 0 aromatic heterocycles. The molecular weight excluding hydrogens is 251 g/mol. The third-order valence-corrected chi connectivity index (χ3v) is 4.60. The van der Waals surface area contributed by atoms with Crippen molar-refractivity contribution in [3.8, 4) is 0 Å². The largest absolute Gasteiger partial charge is 0.324 e. The van der Waals surface area contributed by atoms with Crippen LogP contribution < -0.4 is 5.73 Å². The number of halogens is 1. The number of aryl methyl sites for hydroxylation is 1. The highest BCUT2D eigenvalue weighted by Crippen LogP contribution is 2.35. The normalized spacial score (nSPS) is 20.4. The minimum atomic E-state index is -0.144. The molecule has 0 radical (unpaired) electrons. The van der Waals surface area contributed by atoms with E-state index in [-0.39, 0.29) is 11.9 Å². The second-order valence-corrected chi connectivity index (χ2v) is 6.57. The fourth-order valence-electron chi connectivity index (χ4n) is 2.81. The highest BCUT2D eigenvalue weighted by atomic mass is 19.1. The molecule has 2 aliphatic carbocycles. The molecule has 2 N–H and O–H groups in total. The van der Waals surface area contributed by atoms with Gasteiger partial charge in [0.2, 0.25) is 0 Å². The highest BCUT2D eigenvalue weighted by Gasteiger charge is 2.33. The van der Waals surface area contributed by atoms with Crippen molar-refractivity contribution in [3.63, 3.8) is 0 Å². The summed E-state index contributed by atoms with van der Waals surface area (Å²) in [5.74, 6) is 0.790. The van der Waals surface area contributed by atoms with Crippen LogP contribution in [-0.4, -0.2) is 24.0 Å².